The summed E-state index contributed by atoms with van der Waals surface area (Å²) in [5.74, 6) is -18.6. The minimum absolute atomic E-state index is 0.212. The first-order valence-electron chi connectivity index (χ1n) is 39.0. The molecule has 8 bridgehead atoms. The van der Waals surface area contributed by atoms with Crippen molar-refractivity contribution in [2.75, 3.05) is 42.7 Å². The van der Waals surface area contributed by atoms with Crippen molar-refractivity contribution in [2.45, 2.75) is 132 Å². The highest BCUT2D eigenvalue weighted by molar-refractivity contribution is 6.03. The van der Waals surface area contributed by atoms with Crippen LogP contribution in [0.4, 0.5) is 0 Å². The maximum absolute atomic E-state index is 15.1. The summed E-state index contributed by atoms with van der Waals surface area (Å²) in [6, 6.07) is 15.6. The fourth-order valence-corrected chi connectivity index (χ4v) is 13.7. The number of aromatic nitrogens is 4. The van der Waals surface area contributed by atoms with E-state index >= 15 is 9.59 Å². The second-order valence-corrected chi connectivity index (χ2v) is 28.7. The van der Waals surface area contributed by atoms with Crippen LogP contribution in [0, 0.1) is 0 Å². The van der Waals surface area contributed by atoms with Gasteiger partial charge in [0, 0.05) is 113 Å². The van der Waals surface area contributed by atoms with Crippen LogP contribution in [0.3, 0.4) is 0 Å². The third kappa shape index (κ3) is 25.5. The fraction of sp³-hybridized carbons (Fsp3) is 0.314. The number of amides is 7. The minimum Gasteiger partial charge on any atom is -0.497 e. The molecule has 664 valence electrons. The zero-order chi connectivity index (χ0) is 91.8. The summed E-state index contributed by atoms with van der Waals surface area (Å²) in [7, 11) is 9.09. The molecule has 0 spiro atoms. The Bertz CT molecular complexity index is 5500. The van der Waals surface area contributed by atoms with Crippen molar-refractivity contribution in [3.63, 3.8) is 0 Å². The number of carboxylic acids is 8. The summed E-state index contributed by atoms with van der Waals surface area (Å²) in [6.07, 6.45) is -3.60. The van der Waals surface area contributed by atoms with Crippen molar-refractivity contribution in [3.05, 3.63) is 131 Å². The maximum Gasteiger partial charge on any atom is 0.326 e. The zero-order valence-corrected chi connectivity index (χ0v) is 68.6. The van der Waals surface area contributed by atoms with E-state index in [9.17, 15) is 103 Å². The molecule has 0 unspecified atom stereocenters. The first-order chi connectivity index (χ1) is 60.1. The standard InChI is InChI=1S/C86H91N11O29/c1-121-47-33-44(34-48(39-47)122-2)76-55-13-11-53(87-55)75(54-12-14-56(88-54)77(45-35-49(123-3)40-50(36-45)124-4)58-16-18-60(90-58)78(59-17-15-57(76)89-59)46-37-51(125-5)41-52(38-46)126-6)42-7-9-43(10-8-42)79(109)94-62(81(111)95-63(82(112)97-67(86(119)120)25-32-74(107)108)21-28-70(100)93-65(84(115)116)23-30-72(103)104)20-27-68(98)91-61(80(110)96-66(85(117)118)24-31-73(105)106)19-26-69(99)92-64(83(113)114)22-29-71(101)102/h7-18,33-41,61-67,87,90H,19-32H2,1-6H3,(H,91,98)(H,92,99)(H,93,100)(H,94,109)(H,95,111)(H,96,110)(H,97,112)(H,101,102)(H,103,104)(H,105,106)(H,107,108)(H,113,114)(H,115,116)(H,117,118)(H,119,120)/t61-,62-,63-,64-,65-,66-,67-/m0/s1. The molecule has 40 nitrogen and oxygen atoms in total. The number of hydrogen-bond acceptors (Lipinski definition) is 23. The van der Waals surface area contributed by atoms with E-state index in [-0.39, 0.29) is 5.56 Å². The van der Waals surface area contributed by atoms with Crippen LogP contribution in [-0.4, -0.2) is 235 Å². The molecule has 40 heteroatoms. The van der Waals surface area contributed by atoms with Gasteiger partial charge in [-0.3, -0.25) is 52.7 Å². The van der Waals surface area contributed by atoms with Gasteiger partial charge in [-0.1, -0.05) is 12.1 Å². The molecule has 4 aromatic carbocycles. The molecule has 0 aliphatic carbocycles. The van der Waals surface area contributed by atoms with Crippen LogP contribution in [0.25, 0.3) is 90.9 Å². The van der Waals surface area contributed by atoms with Gasteiger partial charge in [-0.2, -0.15) is 0 Å². The molecule has 7 aromatic rings. The van der Waals surface area contributed by atoms with Crippen molar-refractivity contribution >= 4 is 135 Å². The summed E-state index contributed by atoms with van der Waals surface area (Å²) in [6.45, 7) is 0. The number of methoxy groups -OCH3 is 6. The molecule has 9 rings (SSSR count). The number of benzene rings is 4. The van der Waals surface area contributed by atoms with Gasteiger partial charge >= 0.3 is 47.8 Å². The Labute approximate surface area is 716 Å². The van der Waals surface area contributed by atoms with Crippen LogP contribution in [0.1, 0.15) is 123 Å². The molecule has 3 aromatic heterocycles. The molecule has 7 atom stereocenters. The highest BCUT2D eigenvalue weighted by atomic mass is 16.5. The summed E-state index contributed by atoms with van der Waals surface area (Å²) >= 11 is 0. The molecule has 0 fully saturated rings. The van der Waals surface area contributed by atoms with Crippen molar-refractivity contribution in [1.29, 1.82) is 0 Å². The molecule has 17 N–H and O–H groups in total. The Morgan fingerprint density at radius 2 is 0.516 bits per heavy atom. The molecular formula is C86H91N11O29. The molecule has 2 aliphatic rings. The Morgan fingerprint density at radius 1 is 0.286 bits per heavy atom. The van der Waals surface area contributed by atoms with Crippen LogP contribution < -0.4 is 65.6 Å². The van der Waals surface area contributed by atoms with Crippen molar-refractivity contribution < 1.29 is 141 Å². The lowest BCUT2D eigenvalue weighted by molar-refractivity contribution is -0.144. The van der Waals surface area contributed by atoms with Gasteiger partial charge in [0.2, 0.25) is 35.4 Å². The topological polar surface area (TPSA) is 615 Å². The summed E-state index contributed by atoms with van der Waals surface area (Å²) in [5.41, 5.74) is 8.00. The number of carbonyl (C=O) groups is 15. The van der Waals surface area contributed by atoms with Crippen LogP contribution in [0.15, 0.2) is 103 Å². The highest BCUT2D eigenvalue weighted by Crippen LogP contribution is 2.43. The molecule has 126 heavy (non-hydrogen) atoms. The van der Waals surface area contributed by atoms with E-state index in [0.29, 0.717) is 124 Å². The van der Waals surface area contributed by atoms with Gasteiger partial charge in [0.15, 0.2) is 0 Å². The van der Waals surface area contributed by atoms with E-state index in [0.717, 1.165) is 0 Å². The van der Waals surface area contributed by atoms with Gasteiger partial charge in [0.1, 0.15) is 76.8 Å². The Balaban J connectivity index is 1.19. The second-order valence-electron chi connectivity index (χ2n) is 28.7. The maximum atomic E-state index is 15.1. The Hall–Kier alpha value is -15.7. The van der Waals surface area contributed by atoms with Crippen LogP contribution in [-0.2, 0) is 67.1 Å². The molecule has 0 radical (unpaired) electrons. The quantitative estimate of drug-likeness (QED) is 0.0193. The van der Waals surface area contributed by atoms with Gasteiger partial charge in [-0.25, -0.2) is 29.1 Å². The number of ether oxygens (including phenoxy) is 6. The van der Waals surface area contributed by atoms with Crippen LogP contribution in [0.2, 0.25) is 0 Å². The third-order valence-corrected chi connectivity index (χ3v) is 20.1. The van der Waals surface area contributed by atoms with Gasteiger partial charge in [0.25, 0.3) is 5.91 Å². The summed E-state index contributed by atoms with van der Waals surface area (Å²) in [4.78, 5) is 213. The second kappa shape index (κ2) is 43.7. The normalized spacial score (nSPS) is 12.9. The molecule has 0 saturated carbocycles. The van der Waals surface area contributed by atoms with Crippen molar-refractivity contribution in [2.24, 2.45) is 0 Å². The average molecular weight is 1740 g/mol. The molecular weight excluding hydrogens is 1650 g/mol. The number of nitrogens with one attached hydrogen (secondary N) is 9. The number of hydrogen-bond donors (Lipinski definition) is 17. The van der Waals surface area contributed by atoms with Gasteiger partial charge in [-0.15, -0.1) is 0 Å². The minimum atomic E-state index is -2.07. The number of aliphatic carboxylic acids is 8. The number of aromatic amines is 2. The number of H-pyrrole nitrogens is 2. The highest BCUT2D eigenvalue weighted by Gasteiger charge is 2.35. The first kappa shape index (κ1) is 94.2. The van der Waals surface area contributed by atoms with E-state index in [1.807, 2.05) is 42.5 Å². The number of rotatable bonds is 46. The van der Waals surface area contributed by atoms with E-state index in [1.165, 1.54) is 66.9 Å². The number of fused-ring (bicyclic) bond motifs is 8. The fourth-order valence-electron chi connectivity index (χ4n) is 13.7. The van der Waals surface area contributed by atoms with Crippen LogP contribution >= 0.6 is 0 Å². The largest absolute Gasteiger partial charge is 0.497 e. The van der Waals surface area contributed by atoms with E-state index < -0.39 is 221 Å². The lowest BCUT2D eigenvalue weighted by atomic mass is 10.0. The first-order valence-corrected chi connectivity index (χ1v) is 39.0. The Kier molecular flexibility index (Phi) is 32.7. The average Bonchev–Trinajstić information content (AvgIpc) is 1.61. The SMILES string of the molecule is COc1cc(OC)cc(-c2c3nc(c(-c4cc(OC)cc(OC)c4)c4ccc([nH]4)c(-c4cc(OC)cc(OC)c4)c4nc(c(-c5ccc(C(=O)N[C@@H](CCC(=O)N[C@@H](CCC(=O)N[C@@H](CCC(=O)O)C(=O)O)C(=O)N[C@@H](CCC(=O)O)C(=O)O)C(=O)N[C@@H](CCC(=O)N[C@@H](CCC(=O)O)C(=O)O)C(=O)N[C@@H](CCC(=O)O)C(=O)O)cc5)c5ccc2[nH]5)C=C4)C=C3)c1. The monoisotopic (exact) mass is 1740 g/mol. The lowest BCUT2D eigenvalue weighted by Gasteiger charge is -2.25. The number of nitrogens with zero attached hydrogens (tertiary/aromatic N) is 2. The van der Waals surface area contributed by atoms with E-state index in [1.54, 1.807) is 60.7 Å². The molecule has 5 heterocycles. The number of carbonyl (C=O) groups excluding carboxylic acids is 7. The van der Waals surface area contributed by atoms with Gasteiger partial charge < -0.3 is 116 Å². The number of carboxylic acid groups (broad SMARTS) is 8. The zero-order valence-electron chi connectivity index (χ0n) is 68.6. The smallest absolute Gasteiger partial charge is 0.326 e. The summed E-state index contributed by atoms with van der Waals surface area (Å²) < 4.78 is 34.8. The molecule has 0 saturated heterocycles. The third-order valence-electron chi connectivity index (χ3n) is 20.1. The van der Waals surface area contributed by atoms with Crippen molar-refractivity contribution in [3.8, 4) is 79.0 Å². The molecule has 2 aliphatic heterocycles. The van der Waals surface area contributed by atoms with E-state index in [2.05, 4.69) is 47.2 Å². The molecule has 7 amide bonds. The Morgan fingerprint density at radius 3 is 0.778 bits per heavy atom. The van der Waals surface area contributed by atoms with Crippen molar-refractivity contribution in [1.82, 2.24) is 57.2 Å². The van der Waals surface area contributed by atoms with Gasteiger partial charge in [0.05, 0.1) is 65.4 Å². The summed E-state index contributed by atoms with van der Waals surface area (Å²) in [5, 5.41) is 92.4. The predicted molar refractivity (Wildman–Crippen MR) is 448 cm³/mol. The predicted octanol–water partition coefficient (Wildman–Crippen LogP) is 6.52. The van der Waals surface area contributed by atoms with Gasteiger partial charge in [-0.05, 0) is 164 Å². The van der Waals surface area contributed by atoms with Crippen LogP contribution in [0.5, 0.6) is 34.5 Å². The lowest BCUT2D eigenvalue weighted by Crippen LogP contribution is -2.56. The van der Waals surface area contributed by atoms with E-state index in [4.69, 9.17) is 38.4 Å².